The molecule has 1 nitrogen and oxygen atoms in total. The van der Waals surface area contributed by atoms with Crippen molar-refractivity contribution < 1.29 is 0 Å². The maximum Gasteiger partial charge on any atom is 0.0408 e. The molecule has 0 aliphatic heterocycles. The van der Waals surface area contributed by atoms with E-state index < -0.39 is 0 Å². The van der Waals surface area contributed by atoms with Crippen LogP contribution in [0.5, 0.6) is 0 Å². The predicted molar refractivity (Wildman–Crippen MR) is 79.9 cm³/mol. The number of benzene rings is 2. The lowest BCUT2D eigenvalue weighted by atomic mass is 10.0. The Morgan fingerprint density at radius 3 is 2.47 bits per heavy atom. The number of aromatic nitrogens is 1. The van der Waals surface area contributed by atoms with Gasteiger partial charge in [-0.25, -0.2) is 0 Å². The van der Waals surface area contributed by atoms with E-state index in [2.05, 4.69) is 70.0 Å². The van der Waals surface area contributed by atoms with Gasteiger partial charge in [0.25, 0.3) is 0 Å². The smallest absolute Gasteiger partial charge is 0.0408 e. The van der Waals surface area contributed by atoms with E-state index in [1.165, 1.54) is 25.5 Å². The predicted octanol–water partition coefficient (Wildman–Crippen LogP) is 4.51. The molecule has 0 bridgehead atoms. The largest absolute Gasteiger partial charge is 0.263 e. The summed E-state index contributed by atoms with van der Waals surface area (Å²) in [6.45, 7) is 0. The molecule has 17 heavy (non-hydrogen) atoms. The Kier molecular flexibility index (Phi) is 2.81. The Morgan fingerprint density at radius 1 is 0.824 bits per heavy atom. The molecule has 0 amide bonds. The topological polar surface area (TPSA) is 12.9 Å². The van der Waals surface area contributed by atoms with E-state index in [4.69, 9.17) is 0 Å². The van der Waals surface area contributed by atoms with Gasteiger partial charge >= 0.3 is 0 Å². The van der Waals surface area contributed by atoms with Gasteiger partial charge in [-0.15, -0.1) is 0 Å². The van der Waals surface area contributed by atoms with Gasteiger partial charge in [0, 0.05) is 21.4 Å². The molecule has 0 fully saturated rings. The number of hydrogen-bond acceptors (Lipinski definition) is 1. The summed E-state index contributed by atoms with van der Waals surface area (Å²) in [5, 5.41) is 2.46. The molecule has 2 aromatic carbocycles. The van der Waals surface area contributed by atoms with Crippen molar-refractivity contribution in [2.75, 3.05) is 0 Å². The number of halogens is 1. The van der Waals surface area contributed by atoms with Crippen molar-refractivity contribution in [1.29, 1.82) is 0 Å². The van der Waals surface area contributed by atoms with Crippen LogP contribution in [0.15, 0.2) is 60.9 Å². The molecule has 0 saturated carbocycles. The number of nitrogens with zero attached hydrogens (tertiary/aromatic N) is 1. The van der Waals surface area contributed by atoms with Gasteiger partial charge in [0.15, 0.2) is 0 Å². The Morgan fingerprint density at radius 2 is 1.65 bits per heavy atom. The number of pyridine rings is 1. The lowest BCUT2D eigenvalue weighted by Gasteiger charge is -2.05. The zero-order valence-electron chi connectivity index (χ0n) is 9.10. The summed E-state index contributed by atoms with van der Waals surface area (Å²) in [7, 11) is 0. The van der Waals surface area contributed by atoms with Gasteiger partial charge in [0.05, 0.1) is 0 Å². The Hall–Kier alpha value is -1.42. The van der Waals surface area contributed by atoms with E-state index >= 15 is 0 Å². The lowest BCUT2D eigenvalue weighted by Crippen LogP contribution is -1.83. The first-order valence-corrected chi connectivity index (χ1v) is 6.51. The van der Waals surface area contributed by atoms with Crippen LogP contribution < -0.4 is 0 Å². The van der Waals surface area contributed by atoms with Gasteiger partial charge in [-0.2, -0.15) is 0 Å². The highest BCUT2D eigenvalue weighted by Gasteiger charge is 2.02. The monoisotopic (exact) mass is 331 g/mol. The first-order chi connectivity index (χ1) is 8.34. The fourth-order valence-electron chi connectivity index (χ4n) is 1.94. The molecule has 1 aromatic heterocycles. The molecule has 3 rings (SSSR count). The molecule has 0 spiro atoms. The molecule has 0 aliphatic carbocycles. The minimum absolute atomic E-state index is 1.19. The standard InChI is InChI=1S/C15H10IN/c16-15-10-17-9-13-7-6-12(8-14(13)15)11-4-2-1-3-5-11/h1-10H. The fraction of sp³-hybridized carbons (Fsp3) is 0. The zero-order valence-corrected chi connectivity index (χ0v) is 11.3. The van der Waals surface area contributed by atoms with Crippen molar-refractivity contribution in [2.24, 2.45) is 0 Å². The molecule has 0 atom stereocenters. The van der Waals surface area contributed by atoms with Crippen LogP contribution in [0.25, 0.3) is 21.9 Å². The van der Waals surface area contributed by atoms with Gasteiger partial charge in [0.2, 0.25) is 0 Å². The minimum Gasteiger partial charge on any atom is -0.263 e. The van der Waals surface area contributed by atoms with Crippen LogP contribution in [0.3, 0.4) is 0 Å². The third kappa shape index (κ3) is 2.05. The van der Waals surface area contributed by atoms with Gasteiger partial charge in [0.1, 0.15) is 0 Å². The second kappa shape index (κ2) is 4.45. The third-order valence-electron chi connectivity index (χ3n) is 2.82. The van der Waals surface area contributed by atoms with Crippen LogP contribution in [-0.2, 0) is 0 Å². The van der Waals surface area contributed by atoms with Crippen LogP contribution in [0.2, 0.25) is 0 Å². The van der Waals surface area contributed by atoms with Crippen molar-refractivity contribution in [3.8, 4) is 11.1 Å². The third-order valence-corrected chi connectivity index (χ3v) is 3.68. The van der Waals surface area contributed by atoms with Crippen LogP contribution in [0.1, 0.15) is 0 Å². The van der Waals surface area contributed by atoms with Gasteiger partial charge in [-0.1, -0.05) is 42.5 Å². The molecule has 2 heteroatoms. The lowest BCUT2D eigenvalue weighted by molar-refractivity contribution is 1.35. The quantitative estimate of drug-likeness (QED) is 0.598. The van der Waals surface area contributed by atoms with Crippen LogP contribution in [0, 0.1) is 3.57 Å². The normalized spacial score (nSPS) is 10.6. The van der Waals surface area contributed by atoms with Gasteiger partial charge in [-0.05, 0) is 45.2 Å². The summed E-state index contributed by atoms with van der Waals surface area (Å²) in [6.07, 6.45) is 3.81. The zero-order chi connectivity index (χ0) is 11.7. The summed E-state index contributed by atoms with van der Waals surface area (Å²) in [5.74, 6) is 0. The van der Waals surface area contributed by atoms with E-state index in [0.29, 0.717) is 0 Å². The molecule has 0 saturated heterocycles. The van der Waals surface area contributed by atoms with Crippen molar-refractivity contribution >= 4 is 33.4 Å². The summed E-state index contributed by atoms with van der Waals surface area (Å²) in [4.78, 5) is 4.21. The Balaban J connectivity index is 2.23. The summed E-state index contributed by atoms with van der Waals surface area (Å²) in [5.41, 5.74) is 2.50. The minimum atomic E-state index is 1.19. The number of rotatable bonds is 1. The van der Waals surface area contributed by atoms with Crippen molar-refractivity contribution in [3.05, 3.63) is 64.5 Å². The second-order valence-corrected chi connectivity index (χ2v) is 5.09. The molecule has 0 aliphatic rings. The molecule has 82 valence electrons. The molecule has 0 N–H and O–H groups in total. The van der Waals surface area contributed by atoms with Crippen LogP contribution in [-0.4, -0.2) is 4.98 Å². The number of fused-ring (bicyclic) bond motifs is 1. The average molecular weight is 331 g/mol. The fourth-order valence-corrected chi connectivity index (χ4v) is 2.57. The Bertz CT molecular complexity index is 662. The van der Waals surface area contributed by atoms with Crippen molar-refractivity contribution in [1.82, 2.24) is 4.98 Å². The van der Waals surface area contributed by atoms with Crippen molar-refractivity contribution in [3.63, 3.8) is 0 Å². The summed E-state index contributed by atoms with van der Waals surface area (Å²) < 4.78 is 1.19. The Labute approximate surface area is 114 Å². The van der Waals surface area contributed by atoms with E-state index in [1.54, 1.807) is 0 Å². The average Bonchev–Trinajstić information content (AvgIpc) is 2.40. The molecule has 0 radical (unpaired) electrons. The van der Waals surface area contributed by atoms with Crippen LogP contribution >= 0.6 is 22.6 Å². The highest BCUT2D eigenvalue weighted by molar-refractivity contribution is 14.1. The van der Waals surface area contributed by atoms with Gasteiger partial charge < -0.3 is 0 Å². The highest BCUT2D eigenvalue weighted by Crippen LogP contribution is 2.26. The molecular weight excluding hydrogens is 321 g/mol. The molecule has 0 unspecified atom stereocenters. The van der Waals surface area contributed by atoms with Crippen LogP contribution in [0.4, 0.5) is 0 Å². The number of hydrogen-bond donors (Lipinski definition) is 0. The van der Waals surface area contributed by atoms with E-state index in [-0.39, 0.29) is 0 Å². The van der Waals surface area contributed by atoms with Crippen molar-refractivity contribution in [2.45, 2.75) is 0 Å². The maximum absolute atomic E-state index is 4.21. The SMILES string of the molecule is Ic1cncc2ccc(-c3ccccc3)cc12. The summed E-state index contributed by atoms with van der Waals surface area (Å²) >= 11 is 2.33. The van der Waals surface area contributed by atoms with Gasteiger partial charge in [-0.3, -0.25) is 4.98 Å². The van der Waals surface area contributed by atoms with E-state index in [9.17, 15) is 0 Å². The molecule has 3 aromatic rings. The van der Waals surface area contributed by atoms with E-state index in [1.807, 2.05) is 18.5 Å². The maximum atomic E-state index is 4.21. The highest BCUT2D eigenvalue weighted by atomic mass is 127. The van der Waals surface area contributed by atoms with E-state index in [0.717, 1.165) is 0 Å². The summed E-state index contributed by atoms with van der Waals surface area (Å²) in [6, 6.07) is 17.0. The molecular formula is C15H10IN. The molecule has 1 heterocycles. The first-order valence-electron chi connectivity index (χ1n) is 5.43. The second-order valence-electron chi connectivity index (χ2n) is 3.92. The first kappa shape index (κ1) is 10.7.